The fraction of sp³-hybridized carbons (Fsp3) is 0.938. The van der Waals surface area contributed by atoms with E-state index in [1.807, 2.05) is 6.92 Å². The van der Waals surface area contributed by atoms with Crippen molar-refractivity contribution in [2.45, 2.75) is 64.3 Å². The van der Waals surface area contributed by atoms with E-state index < -0.39 is 5.54 Å². The van der Waals surface area contributed by atoms with Gasteiger partial charge < -0.3 is 9.47 Å². The predicted molar refractivity (Wildman–Crippen MR) is 80.7 cm³/mol. The van der Waals surface area contributed by atoms with E-state index in [1.165, 1.54) is 32.8 Å². The van der Waals surface area contributed by atoms with Crippen LogP contribution in [0.1, 0.15) is 58.8 Å². The molecule has 0 amide bonds. The summed E-state index contributed by atoms with van der Waals surface area (Å²) < 4.78 is 10.8. The van der Waals surface area contributed by atoms with E-state index >= 15 is 0 Å². The second-order valence-corrected chi connectivity index (χ2v) is 5.73. The highest BCUT2D eigenvalue weighted by atomic mass is 16.5. The molecule has 1 unspecified atom stereocenters. The maximum atomic E-state index is 12.1. The van der Waals surface area contributed by atoms with Crippen LogP contribution in [0.2, 0.25) is 0 Å². The highest BCUT2D eigenvalue weighted by Crippen LogP contribution is 2.40. The van der Waals surface area contributed by atoms with Gasteiger partial charge in [0.2, 0.25) is 0 Å². The number of likely N-dealkylation sites (N-methyl/N-ethyl adjacent to an activating group) is 1. The van der Waals surface area contributed by atoms with Crippen LogP contribution in [-0.2, 0) is 14.3 Å². The Bertz CT molecular complexity index is 279. The van der Waals surface area contributed by atoms with Crippen molar-refractivity contribution in [1.82, 2.24) is 5.32 Å². The second kappa shape index (κ2) is 9.35. The zero-order chi connectivity index (χ0) is 14.8. The Morgan fingerprint density at radius 2 is 1.90 bits per heavy atom. The standard InChI is InChI=1S/C16H31NO3/c1-4-6-7-8-9-12-20-13-16(17-5-2,14-10-11-14)15(18)19-3/h14,17H,4-13H2,1-3H3. The Balaban J connectivity index is 2.35. The van der Waals surface area contributed by atoms with Crippen molar-refractivity contribution in [3.63, 3.8) is 0 Å². The Morgan fingerprint density at radius 3 is 2.45 bits per heavy atom. The molecule has 1 N–H and O–H groups in total. The normalized spacial score (nSPS) is 17.8. The topological polar surface area (TPSA) is 47.6 Å². The molecule has 118 valence electrons. The summed E-state index contributed by atoms with van der Waals surface area (Å²) in [7, 11) is 1.46. The lowest BCUT2D eigenvalue weighted by molar-refractivity contribution is -0.153. The van der Waals surface area contributed by atoms with Crippen LogP contribution in [-0.4, -0.2) is 38.4 Å². The lowest BCUT2D eigenvalue weighted by Crippen LogP contribution is -2.58. The zero-order valence-corrected chi connectivity index (χ0v) is 13.4. The van der Waals surface area contributed by atoms with Gasteiger partial charge in [-0.05, 0) is 31.7 Å². The third kappa shape index (κ3) is 5.06. The summed E-state index contributed by atoms with van der Waals surface area (Å²) in [5, 5.41) is 3.32. The summed E-state index contributed by atoms with van der Waals surface area (Å²) in [6.07, 6.45) is 8.29. The monoisotopic (exact) mass is 285 g/mol. The molecule has 0 aromatic rings. The third-order valence-corrected chi connectivity index (χ3v) is 4.04. The SMILES string of the molecule is CCCCCCCOCC(NCC)(C(=O)OC)C1CC1. The van der Waals surface area contributed by atoms with Crippen LogP contribution in [0.25, 0.3) is 0 Å². The third-order valence-electron chi connectivity index (χ3n) is 4.04. The van der Waals surface area contributed by atoms with Crippen molar-refractivity contribution in [2.24, 2.45) is 5.92 Å². The molecule has 0 heterocycles. The van der Waals surface area contributed by atoms with E-state index in [2.05, 4.69) is 12.2 Å². The summed E-state index contributed by atoms with van der Waals surface area (Å²) >= 11 is 0. The van der Waals surface area contributed by atoms with Gasteiger partial charge in [-0.25, -0.2) is 4.79 Å². The first kappa shape index (κ1) is 17.4. The van der Waals surface area contributed by atoms with Crippen LogP contribution >= 0.6 is 0 Å². The van der Waals surface area contributed by atoms with Gasteiger partial charge in [0, 0.05) is 6.61 Å². The van der Waals surface area contributed by atoms with E-state index in [4.69, 9.17) is 9.47 Å². The minimum absolute atomic E-state index is 0.173. The number of hydrogen-bond acceptors (Lipinski definition) is 4. The molecule has 0 spiro atoms. The Hall–Kier alpha value is -0.610. The molecule has 20 heavy (non-hydrogen) atoms. The highest BCUT2D eigenvalue weighted by Gasteiger charge is 2.51. The minimum Gasteiger partial charge on any atom is -0.468 e. The fourth-order valence-electron chi connectivity index (χ4n) is 2.73. The number of unbranched alkanes of at least 4 members (excludes halogenated alkanes) is 4. The van der Waals surface area contributed by atoms with E-state index in [9.17, 15) is 4.79 Å². The van der Waals surface area contributed by atoms with Crippen molar-refractivity contribution >= 4 is 5.97 Å². The van der Waals surface area contributed by atoms with Gasteiger partial charge in [0.05, 0.1) is 13.7 Å². The van der Waals surface area contributed by atoms with Gasteiger partial charge in [-0.1, -0.05) is 39.5 Å². The number of ether oxygens (including phenoxy) is 2. The average Bonchev–Trinajstić information content (AvgIpc) is 3.29. The van der Waals surface area contributed by atoms with E-state index in [1.54, 1.807) is 0 Å². The van der Waals surface area contributed by atoms with Gasteiger partial charge in [0.15, 0.2) is 0 Å². The molecule has 1 aliphatic carbocycles. The van der Waals surface area contributed by atoms with Crippen molar-refractivity contribution in [2.75, 3.05) is 26.9 Å². The number of rotatable bonds is 12. The van der Waals surface area contributed by atoms with Crippen LogP contribution < -0.4 is 5.32 Å². The molecular formula is C16H31NO3. The predicted octanol–water partition coefficient (Wildman–Crippen LogP) is 2.90. The van der Waals surface area contributed by atoms with Crippen LogP contribution in [0.3, 0.4) is 0 Å². The maximum Gasteiger partial charge on any atom is 0.328 e. The number of methoxy groups -OCH3 is 1. The maximum absolute atomic E-state index is 12.1. The van der Waals surface area contributed by atoms with Gasteiger partial charge in [-0.3, -0.25) is 5.32 Å². The first-order valence-corrected chi connectivity index (χ1v) is 8.12. The summed E-state index contributed by atoms with van der Waals surface area (Å²) in [5.41, 5.74) is -0.618. The molecule has 0 saturated heterocycles. The smallest absolute Gasteiger partial charge is 0.328 e. The van der Waals surface area contributed by atoms with E-state index in [-0.39, 0.29) is 5.97 Å². The van der Waals surface area contributed by atoms with Gasteiger partial charge in [0.25, 0.3) is 0 Å². The van der Waals surface area contributed by atoms with Gasteiger partial charge in [-0.2, -0.15) is 0 Å². The molecule has 4 nitrogen and oxygen atoms in total. The van der Waals surface area contributed by atoms with Crippen LogP contribution in [0, 0.1) is 5.92 Å². The van der Waals surface area contributed by atoms with Crippen LogP contribution in [0.5, 0.6) is 0 Å². The minimum atomic E-state index is -0.618. The first-order valence-electron chi connectivity index (χ1n) is 8.12. The van der Waals surface area contributed by atoms with Crippen LogP contribution in [0.15, 0.2) is 0 Å². The quantitative estimate of drug-likeness (QED) is 0.442. The molecule has 1 saturated carbocycles. The molecule has 0 aromatic heterocycles. The fourth-order valence-corrected chi connectivity index (χ4v) is 2.73. The van der Waals surface area contributed by atoms with Crippen molar-refractivity contribution in [1.29, 1.82) is 0 Å². The lowest BCUT2D eigenvalue weighted by atomic mass is 9.94. The summed E-state index contributed by atoms with van der Waals surface area (Å²) in [6, 6.07) is 0. The highest BCUT2D eigenvalue weighted by molar-refractivity contribution is 5.82. The zero-order valence-electron chi connectivity index (χ0n) is 13.4. The molecule has 1 rings (SSSR count). The molecule has 0 bridgehead atoms. The van der Waals surface area contributed by atoms with Crippen molar-refractivity contribution in [3.05, 3.63) is 0 Å². The molecule has 1 fully saturated rings. The number of carbonyl (C=O) groups excluding carboxylic acids is 1. The Morgan fingerprint density at radius 1 is 1.20 bits per heavy atom. The number of carbonyl (C=O) groups is 1. The van der Waals surface area contributed by atoms with Crippen molar-refractivity contribution in [3.8, 4) is 0 Å². The summed E-state index contributed by atoms with van der Waals surface area (Å²) in [4.78, 5) is 12.1. The molecule has 1 atom stereocenters. The Kier molecular flexibility index (Phi) is 8.15. The van der Waals surface area contributed by atoms with Gasteiger partial charge in [0.1, 0.15) is 5.54 Å². The van der Waals surface area contributed by atoms with E-state index in [0.29, 0.717) is 12.5 Å². The summed E-state index contributed by atoms with van der Waals surface area (Å²) in [6.45, 7) is 6.16. The van der Waals surface area contributed by atoms with Crippen molar-refractivity contribution < 1.29 is 14.3 Å². The Labute approximate surface area is 123 Å². The molecule has 1 aliphatic rings. The number of hydrogen-bond donors (Lipinski definition) is 1. The first-order chi connectivity index (χ1) is 9.71. The number of nitrogens with one attached hydrogen (secondary N) is 1. The average molecular weight is 285 g/mol. The number of esters is 1. The van der Waals surface area contributed by atoms with E-state index in [0.717, 1.165) is 32.4 Å². The molecule has 0 aromatic carbocycles. The van der Waals surface area contributed by atoms with Crippen LogP contribution in [0.4, 0.5) is 0 Å². The second-order valence-electron chi connectivity index (χ2n) is 5.73. The molecular weight excluding hydrogens is 254 g/mol. The largest absolute Gasteiger partial charge is 0.468 e. The van der Waals surface area contributed by atoms with Gasteiger partial charge >= 0.3 is 5.97 Å². The van der Waals surface area contributed by atoms with Gasteiger partial charge in [-0.15, -0.1) is 0 Å². The lowest BCUT2D eigenvalue weighted by Gasteiger charge is -2.31. The molecule has 0 aliphatic heterocycles. The summed E-state index contributed by atoms with van der Waals surface area (Å²) in [5.74, 6) is 0.197. The molecule has 0 radical (unpaired) electrons. The molecule has 4 heteroatoms.